The molecular weight excluding hydrogens is 571 g/mol. The van der Waals surface area contributed by atoms with Crippen LogP contribution in [0.3, 0.4) is 0 Å². The van der Waals surface area contributed by atoms with Gasteiger partial charge in [0.1, 0.15) is 0 Å². The zero-order valence-corrected chi connectivity index (χ0v) is 26.3. The monoisotopic (exact) mass is 601 g/mol. The Bertz CT molecular complexity index is 2480. The van der Waals surface area contributed by atoms with E-state index in [1.165, 1.54) is 43.8 Å². The van der Waals surface area contributed by atoms with E-state index in [1.807, 2.05) is 42.6 Å². The van der Waals surface area contributed by atoms with Crippen molar-refractivity contribution >= 4 is 21.5 Å². The van der Waals surface area contributed by atoms with Gasteiger partial charge in [0, 0.05) is 33.9 Å². The molecule has 3 heteroatoms. The Morgan fingerprint density at radius 3 is 1.89 bits per heavy atom. The first-order valence-corrected chi connectivity index (χ1v) is 16.1. The van der Waals surface area contributed by atoms with Crippen LogP contribution in [0.5, 0.6) is 0 Å². The van der Waals surface area contributed by atoms with Crippen molar-refractivity contribution in [2.24, 2.45) is 0 Å². The van der Waals surface area contributed by atoms with Crippen molar-refractivity contribution in [3.05, 3.63) is 163 Å². The van der Waals surface area contributed by atoms with Gasteiger partial charge in [0.15, 0.2) is 5.82 Å². The van der Waals surface area contributed by atoms with Crippen LogP contribution in [-0.4, -0.2) is 15.0 Å². The number of aromatic nitrogens is 3. The number of benzene rings is 6. The highest BCUT2D eigenvalue weighted by molar-refractivity contribution is 6.11. The molecule has 0 fully saturated rings. The first-order valence-electron chi connectivity index (χ1n) is 16.1. The van der Waals surface area contributed by atoms with Crippen molar-refractivity contribution in [1.82, 2.24) is 15.0 Å². The molecule has 222 valence electrons. The van der Waals surface area contributed by atoms with Crippen molar-refractivity contribution in [3.63, 3.8) is 0 Å². The number of pyridine rings is 1. The highest BCUT2D eigenvalue weighted by Crippen LogP contribution is 2.50. The van der Waals surface area contributed by atoms with Crippen LogP contribution in [0.15, 0.2) is 152 Å². The summed E-state index contributed by atoms with van der Waals surface area (Å²) < 4.78 is 0. The van der Waals surface area contributed by atoms with Crippen LogP contribution in [0.1, 0.15) is 25.0 Å². The number of hydrogen-bond donors (Lipinski definition) is 0. The summed E-state index contributed by atoms with van der Waals surface area (Å²) in [6, 6.07) is 51.6. The molecule has 0 N–H and O–H groups in total. The van der Waals surface area contributed by atoms with Crippen LogP contribution < -0.4 is 0 Å². The third-order valence-corrected chi connectivity index (χ3v) is 9.74. The largest absolute Gasteiger partial charge is 0.256 e. The Labute approximate surface area is 274 Å². The molecule has 2 heterocycles. The minimum atomic E-state index is -0.0340. The molecule has 0 saturated carbocycles. The van der Waals surface area contributed by atoms with E-state index < -0.39 is 0 Å². The average molecular weight is 602 g/mol. The Morgan fingerprint density at radius 2 is 1.09 bits per heavy atom. The molecule has 1 aliphatic carbocycles. The molecule has 0 amide bonds. The van der Waals surface area contributed by atoms with Crippen molar-refractivity contribution in [1.29, 1.82) is 0 Å². The normalized spacial score (nSPS) is 13.1. The molecular formula is C44H31N3. The highest BCUT2D eigenvalue weighted by Gasteiger charge is 2.35. The first kappa shape index (κ1) is 27.4. The molecule has 1 aliphatic rings. The summed E-state index contributed by atoms with van der Waals surface area (Å²) in [5, 5.41) is 4.95. The van der Waals surface area contributed by atoms with Gasteiger partial charge in [-0.2, -0.15) is 0 Å². The minimum Gasteiger partial charge on any atom is -0.256 e. The Hall–Kier alpha value is -5.93. The lowest BCUT2D eigenvalue weighted by atomic mass is 9.81. The molecule has 0 aliphatic heterocycles. The quantitative estimate of drug-likeness (QED) is 0.188. The molecule has 47 heavy (non-hydrogen) atoms. The standard InChI is InChI=1S/C44H31N3/c1-44(2)38-17-9-8-14-32(38)37-26-36-30(25-39(37)44)21-19-28-20-22-31(24-35(28)36)42-27-41(29-12-4-3-5-13-29)46-43(47-42)34-16-7-6-15-33(34)40-18-10-11-23-45-40/h3-27H,1-2H3. The first-order chi connectivity index (χ1) is 23.0. The molecule has 2 aromatic heterocycles. The smallest absolute Gasteiger partial charge is 0.161 e. The molecule has 0 spiro atoms. The predicted octanol–water partition coefficient (Wildman–Crippen LogP) is 11.2. The number of hydrogen-bond acceptors (Lipinski definition) is 3. The van der Waals surface area contributed by atoms with Crippen molar-refractivity contribution in [3.8, 4) is 56.3 Å². The van der Waals surface area contributed by atoms with Gasteiger partial charge >= 0.3 is 0 Å². The van der Waals surface area contributed by atoms with Gasteiger partial charge in [-0.15, -0.1) is 0 Å². The molecule has 8 aromatic rings. The van der Waals surface area contributed by atoms with Gasteiger partial charge in [-0.05, 0) is 80.2 Å². The number of rotatable bonds is 4. The second-order valence-electron chi connectivity index (χ2n) is 12.9. The van der Waals surface area contributed by atoms with Crippen molar-refractivity contribution < 1.29 is 0 Å². The van der Waals surface area contributed by atoms with Crippen molar-refractivity contribution in [2.75, 3.05) is 0 Å². The van der Waals surface area contributed by atoms with Crippen LogP contribution in [0.4, 0.5) is 0 Å². The summed E-state index contributed by atoms with van der Waals surface area (Å²) in [4.78, 5) is 15.0. The summed E-state index contributed by atoms with van der Waals surface area (Å²) in [7, 11) is 0. The summed E-state index contributed by atoms with van der Waals surface area (Å²) in [5.41, 5.74) is 12.1. The Balaban J connectivity index is 1.26. The summed E-state index contributed by atoms with van der Waals surface area (Å²) in [6.45, 7) is 4.68. The van der Waals surface area contributed by atoms with E-state index in [9.17, 15) is 0 Å². The average Bonchev–Trinajstić information content (AvgIpc) is 3.36. The fourth-order valence-electron chi connectivity index (χ4n) is 7.31. The van der Waals surface area contributed by atoms with Gasteiger partial charge in [0.25, 0.3) is 0 Å². The zero-order valence-electron chi connectivity index (χ0n) is 26.3. The lowest BCUT2D eigenvalue weighted by Crippen LogP contribution is -2.14. The highest BCUT2D eigenvalue weighted by atomic mass is 14.9. The van der Waals surface area contributed by atoms with E-state index in [0.717, 1.165) is 39.3 Å². The van der Waals surface area contributed by atoms with Gasteiger partial charge in [-0.3, -0.25) is 4.98 Å². The number of nitrogens with zero attached hydrogens (tertiary/aromatic N) is 3. The molecule has 0 unspecified atom stereocenters. The van der Waals surface area contributed by atoms with Crippen molar-refractivity contribution in [2.45, 2.75) is 19.3 Å². The van der Waals surface area contributed by atoms with Gasteiger partial charge in [0.05, 0.1) is 17.1 Å². The van der Waals surface area contributed by atoms with Crippen LogP contribution >= 0.6 is 0 Å². The van der Waals surface area contributed by atoms with E-state index in [0.29, 0.717) is 5.82 Å². The maximum absolute atomic E-state index is 5.24. The molecule has 9 rings (SSSR count). The third kappa shape index (κ3) is 4.46. The SMILES string of the molecule is CC1(C)c2ccccc2-c2cc3c(ccc4ccc(-c5cc(-c6ccccc6)nc(-c6ccccc6-c6ccccn6)n5)cc43)cc21. The van der Waals surface area contributed by atoms with E-state index in [2.05, 4.69) is 128 Å². The van der Waals surface area contributed by atoms with Crippen LogP contribution in [0, 0.1) is 0 Å². The van der Waals surface area contributed by atoms with Crippen LogP contribution in [0.2, 0.25) is 0 Å². The van der Waals surface area contributed by atoms with Gasteiger partial charge in [-0.25, -0.2) is 9.97 Å². The van der Waals surface area contributed by atoms with Crippen LogP contribution in [0.25, 0.3) is 77.8 Å². The summed E-state index contributed by atoms with van der Waals surface area (Å²) in [5.74, 6) is 0.678. The Kier molecular flexibility index (Phi) is 6.16. The molecule has 0 radical (unpaired) electrons. The molecule has 3 nitrogen and oxygen atoms in total. The third-order valence-electron chi connectivity index (χ3n) is 9.74. The topological polar surface area (TPSA) is 38.7 Å². The predicted molar refractivity (Wildman–Crippen MR) is 194 cm³/mol. The maximum atomic E-state index is 5.24. The second kappa shape index (κ2) is 10.6. The van der Waals surface area contributed by atoms with Gasteiger partial charge < -0.3 is 0 Å². The van der Waals surface area contributed by atoms with E-state index >= 15 is 0 Å². The van der Waals surface area contributed by atoms with Gasteiger partial charge in [0.2, 0.25) is 0 Å². The van der Waals surface area contributed by atoms with Gasteiger partial charge in [-0.1, -0.05) is 123 Å². The fourth-order valence-corrected chi connectivity index (χ4v) is 7.31. The zero-order chi connectivity index (χ0) is 31.5. The molecule has 6 aromatic carbocycles. The lowest BCUT2D eigenvalue weighted by Gasteiger charge is -2.21. The fraction of sp³-hybridized carbons (Fsp3) is 0.0682. The van der Waals surface area contributed by atoms with E-state index in [-0.39, 0.29) is 5.41 Å². The lowest BCUT2D eigenvalue weighted by molar-refractivity contribution is 0.661. The minimum absolute atomic E-state index is 0.0340. The molecule has 0 saturated heterocycles. The van der Waals surface area contributed by atoms with E-state index in [1.54, 1.807) is 0 Å². The molecule has 0 bridgehead atoms. The molecule has 0 atom stereocenters. The summed E-state index contributed by atoms with van der Waals surface area (Å²) >= 11 is 0. The second-order valence-corrected chi connectivity index (χ2v) is 12.9. The van der Waals surface area contributed by atoms with Crippen LogP contribution in [-0.2, 0) is 5.41 Å². The maximum Gasteiger partial charge on any atom is 0.161 e. The summed E-state index contributed by atoms with van der Waals surface area (Å²) in [6.07, 6.45) is 1.83. The Morgan fingerprint density at radius 1 is 0.426 bits per heavy atom. The number of fused-ring (bicyclic) bond motifs is 6. The van der Waals surface area contributed by atoms with E-state index in [4.69, 9.17) is 9.97 Å².